The van der Waals surface area contributed by atoms with Crippen LogP contribution in [0.25, 0.3) is 0 Å². The highest BCUT2D eigenvalue weighted by atomic mass is 127. The Kier molecular flexibility index (Phi) is 9.34. The van der Waals surface area contributed by atoms with Gasteiger partial charge < -0.3 is 20.3 Å². The number of ether oxygens (including phenoxy) is 1. The zero-order chi connectivity index (χ0) is 18.0. The highest BCUT2D eigenvalue weighted by molar-refractivity contribution is 14.0. The number of nitrogens with one attached hydrogen (secondary N) is 2. The van der Waals surface area contributed by atoms with Gasteiger partial charge in [-0.3, -0.25) is 9.98 Å². The number of rotatable bonds is 6. The molecule has 1 aromatic heterocycles. The van der Waals surface area contributed by atoms with E-state index in [1.807, 2.05) is 24.4 Å². The third-order valence-corrected chi connectivity index (χ3v) is 4.41. The molecule has 1 fully saturated rings. The predicted octanol–water partition coefficient (Wildman–Crippen LogP) is 2.44. The van der Waals surface area contributed by atoms with Crippen molar-refractivity contribution in [3.63, 3.8) is 0 Å². The lowest BCUT2D eigenvalue weighted by atomic mass is 10.1. The molecule has 2 N–H and O–H groups in total. The van der Waals surface area contributed by atoms with Crippen LogP contribution in [0.15, 0.2) is 53.7 Å². The first kappa shape index (κ1) is 21.4. The monoisotopic (exact) mass is 481 g/mol. The van der Waals surface area contributed by atoms with Gasteiger partial charge in [-0.15, -0.1) is 24.0 Å². The van der Waals surface area contributed by atoms with E-state index >= 15 is 0 Å². The topological polar surface area (TPSA) is 61.8 Å². The Hall–Kier alpha value is -1.87. The zero-order valence-electron chi connectivity index (χ0n) is 15.7. The summed E-state index contributed by atoms with van der Waals surface area (Å²) in [6.45, 7) is 4.98. The molecule has 0 aliphatic carbocycles. The fraction of sp³-hybridized carbons (Fsp3) is 0.400. The molecule has 0 spiro atoms. The maximum atomic E-state index is 5.47. The van der Waals surface area contributed by atoms with E-state index in [1.165, 1.54) is 11.3 Å². The van der Waals surface area contributed by atoms with Crippen LogP contribution in [0.5, 0.6) is 0 Å². The molecule has 0 amide bonds. The molecule has 0 unspecified atom stereocenters. The Morgan fingerprint density at radius 3 is 2.63 bits per heavy atom. The summed E-state index contributed by atoms with van der Waals surface area (Å²) in [5.41, 5.74) is 3.61. The van der Waals surface area contributed by atoms with Crippen LogP contribution in [0.3, 0.4) is 0 Å². The van der Waals surface area contributed by atoms with Crippen LogP contribution in [0.1, 0.15) is 11.3 Å². The average molecular weight is 481 g/mol. The van der Waals surface area contributed by atoms with Gasteiger partial charge in [-0.05, 0) is 23.8 Å². The lowest BCUT2D eigenvalue weighted by molar-refractivity contribution is 0.122. The molecule has 3 rings (SSSR count). The lowest BCUT2D eigenvalue weighted by Gasteiger charge is -2.30. The van der Waals surface area contributed by atoms with E-state index in [0.717, 1.165) is 57.5 Å². The lowest BCUT2D eigenvalue weighted by Crippen LogP contribution is -2.39. The van der Waals surface area contributed by atoms with E-state index < -0.39 is 0 Å². The predicted molar refractivity (Wildman–Crippen MR) is 121 cm³/mol. The summed E-state index contributed by atoms with van der Waals surface area (Å²) in [5.74, 6) is 0.803. The van der Waals surface area contributed by atoms with Gasteiger partial charge in [0.05, 0.1) is 13.2 Å². The molecule has 0 bridgehead atoms. The molecule has 7 heteroatoms. The number of hydrogen-bond donors (Lipinski definition) is 2. The maximum Gasteiger partial charge on any atom is 0.191 e. The fourth-order valence-corrected chi connectivity index (χ4v) is 3.03. The van der Waals surface area contributed by atoms with Crippen LogP contribution in [-0.4, -0.2) is 50.8 Å². The number of halogens is 1. The van der Waals surface area contributed by atoms with Crippen molar-refractivity contribution in [2.75, 3.05) is 44.8 Å². The third-order valence-electron chi connectivity index (χ3n) is 4.41. The second-order valence-electron chi connectivity index (χ2n) is 6.15. The number of pyridine rings is 1. The molecule has 0 saturated carbocycles. The Morgan fingerprint density at radius 1 is 1.11 bits per heavy atom. The van der Waals surface area contributed by atoms with Crippen LogP contribution >= 0.6 is 24.0 Å². The molecule has 146 valence electrons. The second-order valence-corrected chi connectivity index (χ2v) is 6.15. The largest absolute Gasteiger partial charge is 0.378 e. The van der Waals surface area contributed by atoms with E-state index in [4.69, 9.17) is 4.74 Å². The van der Waals surface area contributed by atoms with Crippen molar-refractivity contribution in [3.05, 3.63) is 59.9 Å². The summed E-state index contributed by atoms with van der Waals surface area (Å²) in [7, 11) is 1.80. The highest BCUT2D eigenvalue weighted by Crippen LogP contribution is 2.21. The summed E-state index contributed by atoms with van der Waals surface area (Å²) in [5, 5.41) is 6.76. The molecule has 2 aromatic rings. The average Bonchev–Trinajstić information content (AvgIpc) is 2.72. The Morgan fingerprint density at radius 2 is 1.89 bits per heavy atom. The molecular formula is C20H28IN5O. The summed E-state index contributed by atoms with van der Waals surface area (Å²) in [4.78, 5) is 11.0. The van der Waals surface area contributed by atoms with Gasteiger partial charge in [0.15, 0.2) is 5.96 Å². The van der Waals surface area contributed by atoms with Crippen LogP contribution in [0.2, 0.25) is 0 Å². The summed E-state index contributed by atoms with van der Waals surface area (Å²) in [6, 6.07) is 14.5. The molecule has 1 aromatic carbocycles. The van der Waals surface area contributed by atoms with Gasteiger partial charge in [-0.25, -0.2) is 0 Å². The van der Waals surface area contributed by atoms with Crippen molar-refractivity contribution < 1.29 is 4.74 Å². The summed E-state index contributed by atoms with van der Waals surface area (Å²) in [6.07, 6.45) is 2.69. The van der Waals surface area contributed by atoms with E-state index in [9.17, 15) is 0 Å². The number of para-hydroxylation sites is 1. The molecule has 2 heterocycles. The van der Waals surface area contributed by atoms with Crippen LogP contribution in [0, 0.1) is 0 Å². The minimum Gasteiger partial charge on any atom is -0.378 e. The second kappa shape index (κ2) is 11.8. The first-order chi connectivity index (χ1) is 12.9. The number of aliphatic imine (C=N–C) groups is 1. The Bertz CT molecular complexity index is 705. The number of aromatic nitrogens is 1. The quantitative estimate of drug-likeness (QED) is 0.377. The van der Waals surface area contributed by atoms with Gasteiger partial charge in [-0.2, -0.15) is 0 Å². The van der Waals surface area contributed by atoms with E-state index in [-0.39, 0.29) is 24.0 Å². The van der Waals surface area contributed by atoms with E-state index in [0.29, 0.717) is 0 Å². The fourth-order valence-electron chi connectivity index (χ4n) is 3.03. The number of guanidine groups is 1. The zero-order valence-corrected chi connectivity index (χ0v) is 18.1. The van der Waals surface area contributed by atoms with Gasteiger partial charge in [0.2, 0.25) is 0 Å². The van der Waals surface area contributed by atoms with Gasteiger partial charge in [0.1, 0.15) is 0 Å². The minimum absolute atomic E-state index is 0. The van der Waals surface area contributed by atoms with Crippen molar-refractivity contribution in [2.24, 2.45) is 4.99 Å². The highest BCUT2D eigenvalue weighted by Gasteiger charge is 2.14. The molecule has 1 aliphatic rings. The minimum atomic E-state index is 0. The van der Waals surface area contributed by atoms with Crippen LogP contribution in [0.4, 0.5) is 5.69 Å². The van der Waals surface area contributed by atoms with Crippen molar-refractivity contribution in [2.45, 2.75) is 13.0 Å². The molecule has 1 saturated heterocycles. The molecule has 0 radical (unpaired) electrons. The summed E-state index contributed by atoms with van der Waals surface area (Å²) >= 11 is 0. The van der Waals surface area contributed by atoms with Crippen molar-refractivity contribution in [1.82, 2.24) is 15.6 Å². The normalized spacial score (nSPS) is 14.4. The van der Waals surface area contributed by atoms with Crippen molar-refractivity contribution >= 4 is 35.6 Å². The molecular weight excluding hydrogens is 453 g/mol. The van der Waals surface area contributed by atoms with Gasteiger partial charge in [0.25, 0.3) is 0 Å². The molecule has 0 atom stereocenters. The first-order valence-electron chi connectivity index (χ1n) is 9.12. The third kappa shape index (κ3) is 6.66. The Balaban J connectivity index is 0.00000261. The van der Waals surface area contributed by atoms with Gasteiger partial charge >= 0.3 is 0 Å². The molecule has 27 heavy (non-hydrogen) atoms. The Labute approximate surface area is 178 Å². The SMILES string of the molecule is CN=C(NCCc1ccccn1)NCc1ccccc1N1CCOCC1.I. The molecule has 1 aliphatic heterocycles. The number of anilines is 1. The van der Waals surface area contributed by atoms with Crippen LogP contribution < -0.4 is 15.5 Å². The first-order valence-corrected chi connectivity index (χ1v) is 9.12. The standard InChI is InChI=1S/C20H27N5O.HI/c1-21-20(23-11-9-18-7-4-5-10-22-18)24-16-17-6-2-3-8-19(17)25-12-14-26-15-13-25;/h2-8,10H,9,11-16H2,1H3,(H2,21,23,24);1H. The van der Waals surface area contributed by atoms with E-state index in [2.05, 4.69) is 49.8 Å². The van der Waals surface area contributed by atoms with Gasteiger partial charge in [-0.1, -0.05) is 24.3 Å². The number of nitrogens with zero attached hydrogens (tertiary/aromatic N) is 3. The van der Waals surface area contributed by atoms with Gasteiger partial charge in [0, 0.05) is 57.2 Å². The van der Waals surface area contributed by atoms with Crippen LogP contribution in [-0.2, 0) is 17.7 Å². The van der Waals surface area contributed by atoms with Crippen molar-refractivity contribution in [3.8, 4) is 0 Å². The maximum absolute atomic E-state index is 5.47. The summed E-state index contributed by atoms with van der Waals surface area (Å²) < 4.78 is 5.47. The number of benzene rings is 1. The smallest absolute Gasteiger partial charge is 0.191 e. The van der Waals surface area contributed by atoms with E-state index in [1.54, 1.807) is 7.05 Å². The number of morpholine rings is 1. The van der Waals surface area contributed by atoms with Crippen molar-refractivity contribution in [1.29, 1.82) is 0 Å². The number of hydrogen-bond acceptors (Lipinski definition) is 4. The molecule has 6 nitrogen and oxygen atoms in total.